The lowest BCUT2D eigenvalue weighted by Crippen LogP contribution is -2.53. The highest BCUT2D eigenvalue weighted by atomic mass is 19.4. The molecule has 4 aliphatic rings. The summed E-state index contributed by atoms with van der Waals surface area (Å²) < 4.78 is 68.9. The van der Waals surface area contributed by atoms with E-state index >= 15 is 0 Å². The van der Waals surface area contributed by atoms with E-state index in [1.54, 1.807) is 4.90 Å². The molecule has 0 amide bonds. The quantitative estimate of drug-likeness (QED) is 0.570. The minimum absolute atomic E-state index is 0.122. The largest absolute Gasteiger partial charge is 0.418 e. The third kappa shape index (κ3) is 5.40. The van der Waals surface area contributed by atoms with Crippen LogP contribution in [0.1, 0.15) is 65.4 Å². The van der Waals surface area contributed by atoms with E-state index < -0.39 is 23.9 Å². The van der Waals surface area contributed by atoms with Gasteiger partial charge >= 0.3 is 11.9 Å². The SMILES string of the molecule is [2H]C([2H])(c1cc(C(F)(F)F)c2cn(C3CCCC([C@H](C4COC4)C4NNCN4C)C3)c(=O)n2c1)N1CCC[C@H](C)C1. The Balaban J connectivity index is 1.35. The monoisotopic (exact) mass is 552 g/mol. The minimum atomic E-state index is -4.73. The van der Waals surface area contributed by atoms with Crippen molar-refractivity contribution in [3.05, 3.63) is 40.1 Å². The fourth-order valence-corrected chi connectivity index (χ4v) is 7.28. The van der Waals surface area contributed by atoms with E-state index in [4.69, 9.17) is 7.48 Å². The third-order valence-electron chi connectivity index (χ3n) is 9.29. The molecule has 1 aliphatic carbocycles. The van der Waals surface area contributed by atoms with Crippen molar-refractivity contribution >= 4 is 5.52 Å². The molecule has 5 atom stereocenters. The molecule has 2 aromatic heterocycles. The molecular weight excluding hydrogens is 509 g/mol. The van der Waals surface area contributed by atoms with Crippen LogP contribution < -0.4 is 16.5 Å². The van der Waals surface area contributed by atoms with Crippen LogP contribution >= 0.6 is 0 Å². The molecule has 1 saturated carbocycles. The van der Waals surface area contributed by atoms with Gasteiger partial charge in [0.05, 0.1) is 37.1 Å². The summed E-state index contributed by atoms with van der Waals surface area (Å²) in [4.78, 5) is 17.6. The average molecular weight is 553 g/mol. The molecule has 8 nitrogen and oxygen atoms in total. The molecular formula is C28H41F3N6O2. The molecule has 11 heteroatoms. The first kappa shape index (κ1) is 24.8. The number of likely N-dealkylation sites (tertiary alicyclic amines) is 1. The van der Waals surface area contributed by atoms with Crippen molar-refractivity contribution in [3.8, 4) is 0 Å². The molecule has 39 heavy (non-hydrogen) atoms. The van der Waals surface area contributed by atoms with E-state index in [2.05, 4.69) is 22.8 Å². The number of fused-ring (bicyclic) bond motifs is 1. The zero-order valence-electron chi connectivity index (χ0n) is 24.7. The van der Waals surface area contributed by atoms with Crippen LogP contribution in [0.2, 0.25) is 0 Å². The number of rotatable bonds is 6. The number of piperidine rings is 1. The number of hydrogen-bond acceptors (Lipinski definition) is 6. The normalized spacial score (nSPS) is 31.7. The molecule has 5 heterocycles. The first-order valence-corrected chi connectivity index (χ1v) is 14.3. The Labute approximate surface area is 230 Å². The Morgan fingerprint density at radius 1 is 1.18 bits per heavy atom. The predicted octanol–water partition coefficient (Wildman–Crippen LogP) is 3.67. The molecule has 4 fully saturated rings. The van der Waals surface area contributed by atoms with Crippen LogP contribution in [0.15, 0.2) is 23.3 Å². The van der Waals surface area contributed by atoms with Gasteiger partial charge in [0.25, 0.3) is 0 Å². The van der Waals surface area contributed by atoms with Crippen LogP contribution in [0.4, 0.5) is 13.2 Å². The fourth-order valence-electron chi connectivity index (χ4n) is 7.28. The first-order valence-electron chi connectivity index (χ1n) is 15.3. The first-order chi connectivity index (χ1) is 19.4. The number of hydrazine groups is 1. The Morgan fingerprint density at radius 3 is 2.67 bits per heavy atom. The molecule has 3 aliphatic heterocycles. The molecule has 0 aromatic carbocycles. The van der Waals surface area contributed by atoms with E-state index in [-0.39, 0.29) is 41.0 Å². The molecule has 0 spiro atoms. The van der Waals surface area contributed by atoms with E-state index in [9.17, 15) is 18.0 Å². The van der Waals surface area contributed by atoms with Gasteiger partial charge in [0.1, 0.15) is 0 Å². The van der Waals surface area contributed by atoms with Crippen molar-refractivity contribution in [1.29, 1.82) is 0 Å². The predicted molar refractivity (Wildman–Crippen MR) is 142 cm³/mol. The van der Waals surface area contributed by atoms with Gasteiger partial charge in [0, 0.05) is 40.1 Å². The topological polar surface area (TPSA) is 66.2 Å². The summed E-state index contributed by atoms with van der Waals surface area (Å²) in [5.41, 5.74) is 4.74. The number of hydrogen-bond donors (Lipinski definition) is 2. The lowest BCUT2D eigenvalue weighted by Gasteiger charge is -2.45. The molecule has 216 valence electrons. The maximum atomic E-state index is 14.4. The number of nitrogens with one attached hydrogen (secondary N) is 2. The summed E-state index contributed by atoms with van der Waals surface area (Å²) in [6, 6.07) is 0.678. The van der Waals surface area contributed by atoms with Gasteiger partial charge in [-0.3, -0.25) is 18.8 Å². The summed E-state index contributed by atoms with van der Waals surface area (Å²) in [5.74, 6) is 1.21. The molecule has 3 unspecified atom stereocenters. The van der Waals surface area contributed by atoms with Crippen molar-refractivity contribution in [2.45, 2.75) is 70.3 Å². The van der Waals surface area contributed by atoms with Gasteiger partial charge in [-0.05, 0) is 75.1 Å². The Kier molecular flexibility index (Phi) is 6.89. The summed E-state index contributed by atoms with van der Waals surface area (Å²) in [5, 5.41) is 0. The van der Waals surface area contributed by atoms with E-state index in [1.807, 2.05) is 6.92 Å². The van der Waals surface area contributed by atoms with Crippen molar-refractivity contribution < 1.29 is 20.6 Å². The second-order valence-electron chi connectivity index (χ2n) is 12.2. The summed E-state index contributed by atoms with van der Waals surface area (Å²) >= 11 is 0. The van der Waals surface area contributed by atoms with Gasteiger partial charge < -0.3 is 4.74 Å². The number of halogens is 3. The lowest BCUT2D eigenvalue weighted by molar-refractivity contribution is -0.136. The van der Waals surface area contributed by atoms with Crippen LogP contribution in [-0.2, 0) is 17.4 Å². The molecule has 6 rings (SSSR count). The summed E-state index contributed by atoms with van der Waals surface area (Å²) in [6.07, 6.45) is 3.07. The zero-order chi connectivity index (χ0) is 29.1. The van der Waals surface area contributed by atoms with Gasteiger partial charge in [-0.2, -0.15) is 13.2 Å². The maximum absolute atomic E-state index is 14.4. The molecule has 0 radical (unpaired) electrons. The smallest absolute Gasteiger partial charge is 0.381 e. The summed E-state index contributed by atoms with van der Waals surface area (Å²) in [7, 11) is 2.06. The Bertz CT molecular complexity index is 1310. The highest BCUT2D eigenvalue weighted by Crippen LogP contribution is 2.43. The van der Waals surface area contributed by atoms with Gasteiger partial charge in [-0.1, -0.05) is 13.3 Å². The molecule has 0 bridgehead atoms. The fraction of sp³-hybridized carbons (Fsp3) is 0.750. The Morgan fingerprint density at radius 2 is 2.00 bits per heavy atom. The van der Waals surface area contributed by atoms with Crippen LogP contribution in [0, 0.1) is 23.7 Å². The highest BCUT2D eigenvalue weighted by molar-refractivity contribution is 5.56. The van der Waals surface area contributed by atoms with E-state index in [1.165, 1.54) is 17.0 Å². The van der Waals surface area contributed by atoms with Crippen LogP contribution in [-0.4, -0.2) is 65.0 Å². The van der Waals surface area contributed by atoms with Crippen LogP contribution in [0.5, 0.6) is 0 Å². The van der Waals surface area contributed by atoms with Crippen LogP contribution in [0.25, 0.3) is 5.52 Å². The van der Waals surface area contributed by atoms with Gasteiger partial charge in [0.15, 0.2) is 0 Å². The maximum Gasteiger partial charge on any atom is 0.418 e. The standard InChI is InChI=1S/C28H41F3N6O2/c1-18-5-4-8-35(11-18)12-19-9-23(28(29,30)31)24-14-36(27(38)37(24)13-19)22-7-3-6-20(10-22)25(21-15-39-16-21)26-33-32-17-34(26)2/h9,13-14,18,20-22,25-26,32-33H,3-8,10-12,15-17H2,1-2H3/t18-,20?,22?,25+,26?/m0/s1/i12D2. The average Bonchev–Trinajstić information content (AvgIpc) is 3.47. The third-order valence-corrected chi connectivity index (χ3v) is 9.29. The highest BCUT2D eigenvalue weighted by Gasteiger charge is 2.44. The molecule has 3 saturated heterocycles. The van der Waals surface area contributed by atoms with Gasteiger partial charge in [-0.15, -0.1) is 0 Å². The second-order valence-corrected chi connectivity index (χ2v) is 12.2. The number of ether oxygens (including phenoxy) is 1. The van der Waals surface area contributed by atoms with Gasteiger partial charge in [-0.25, -0.2) is 15.6 Å². The lowest BCUT2D eigenvalue weighted by atomic mass is 9.70. The number of nitrogens with zero attached hydrogens (tertiary/aromatic N) is 4. The number of imidazole rings is 1. The van der Waals surface area contributed by atoms with Crippen molar-refractivity contribution in [2.75, 3.05) is 40.0 Å². The second kappa shape index (κ2) is 10.8. The zero-order valence-corrected chi connectivity index (χ0v) is 22.7. The number of pyridine rings is 1. The van der Waals surface area contributed by atoms with Crippen molar-refractivity contribution in [1.82, 2.24) is 29.6 Å². The number of aromatic nitrogens is 2. The number of alkyl halides is 3. The van der Waals surface area contributed by atoms with E-state index in [0.717, 1.165) is 42.8 Å². The Hall–Kier alpha value is -1.92. The van der Waals surface area contributed by atoms with E-state index in [0.29, 0.717) is 45.1 Å². The van der Waals surface area contributed by atoms with Crippen molar-refractivity contribution in [2.24, 2.45) is 23.7 Å². The van der Waals surface area contributed by atoms with Crippen molar-refractivity contribution in [3.63, 3.8) is 0 Å². The van der Waals surface area contributed by atoms with Gasteiger partial charge in [0.2, 0.25) is 0 Å². The van der Waals surface area contributed by atoms with Crippen LogP contribution in [0.3, 0.4) is 0 Å². The molecule has 2 N–H and O–H groups in total. The molecule has 2 aromatic rings. The minimum Gasteiger partial charge on any atom is -0.381 e. The summed E-state index contributed by atoms with van der Waals surface area (Å²) in [6.45, 7) is 2.93.